The highest BCUT2D eigenvalue weighted by Crippen LogP contribution is 2.06. The maximum Gasteiger partial charge on any atom is 0.329 e. The van der Waals surface area contributed by atoms with E-state index in [1.54, 1.807) is 42.5 Å². The Hall–Kier alpha value is -3.95. The number of carbonyl (C=O) groups is 4. The van der Waals surface area contributed by atoms with Crippen molar-refractivity contribution in [2.45, 2.75) is 20.4 Å². The van der Waals surface area contributed by atoms with Gasteiger partial charge in [0.2, 0.25) is 0 Å². The maximum absolute atomic E-state index is 11.9. The molecular weight excluding hydrogens is 390 g/mol. The fourth-order valence-electron chi connectivity index (χ4n) is 2.10. The first-order chi connectivity index (χ1) is 14.3. The Kier molecular flexibility index (Phi) is 8.30. The lowest BCUT2D eigenvalue weighted by atomic mass is 10.2. The third-order valence-electron chi connectivity index (χ3n) is 3.58. The highest BCUT2D eigenvalue weighted by Gasteiger charge is 2.14. The van der Waals surface area contributed by atoms with Crippen molar-refractivity contribution in [1.82, 2.24) is 16.1 Å². The number of nitrogens with zero attached hydrogens (tertiary/aromatic N) is 1. The Morgan fingerprint density at radius 2 is 1.63 bits per heavy atom. The van der Waals surface area contributed by atoms with Crippen molar-refractivity contribution < 1.29 is 23.6 Å². The van der Waals surface area contributed by atoms with Gasteiger partial charge in [-0.2, -0.15) is 5.10 Å². The van der Waals surface area contributed by atoms with Crippen LogP contribution in [-0.4, -0.2) is 36.4 Å². The van der Waals surface area contributed by atoms with Gasteiger partial charge in [0.1, 0.15) is 11.5 Å². The van der Waals surface area contributed by atoms with Crippen LogP contribution in [-0.2, 0) is 25.7 Å². The number of amides is 4. The lowest BCUT2D eigenvalue weighted by Gasteiger charge is -2.05. The van der Waals surface area contributed by atoms with Crippen LogP contribution >= 0.6 is 0 Å². The summed E-state index contributed by atoms with van der Waals surface area (Å²) in [7, 11) is 0. The number of carbonyl (C=O) groups excluding carboxylic acids is 4. The number of benzene rings is 1. The summed E-state index contributed by atoms with van der Waals surface area (Å²) in [5, 5.41) is 11.0. The Labute approximate surface area is 173 Å². The molecule has 0 radical (unpaired) electrons. The van der Waals surface area contributed by atoms with E-state index in [1.807, 2.05) is 13.8 Å². The van der Waals surface area contributed by atoms with Gasteiger partial charge in [-0.15, -0.1) is 0 Å². The van der Waals surface area contributed by atoms with Gasteiger partial charge in [-0.05, 0) is 30.2 Å². The van der Waals surface area contributed by atoms with E-state index in [-0.39, 0.29) is 18.2 Å². The van der Waals surface area contributed by atoms with Crippen LogP contribution in [0.2, 0.25) is 0 Å². The quantitative estimate of drug-likeness (QED) is 0.301. The Morgan fingerprint density at radius 1 is 0.933 bits per heavy atom. The Bertz CT molecular complexity index is 921. The minimum absolute atomic E-state index is 0.0150. The highest BCUT2D eigenvalue weighted by atomic mass is 16.3. The average molecular weight is 413 g/mol. The molecule has 10 heteroatoms. The molecule has 0 aliphatic rings. The van der Waals surface area contributed by atoms with Gasteiger partial charge in [0, 0.05) is 12.2 Å². The zero-order valence-corrected chi connectivity index (χ0v) is 16.6. The molecule has 10 nitrogen and oxygen atoms in total. The van der Waals surface area contributed by atoms with E-state index in [1.165, 1.54) is 6.21 Å². The largest absolute Gasteiger partial charge is 0.458 e. The van der Waals surface area contributed by atoms with Crippen molar-refractivity contribution in [1.29, 1.82) is 0 Å². The van der Waals surface area contributed by atoms with Crippen LogP contribution in [0.25, 0.3) is 0 Å². The van der Waals surface area contributed by atoms with E-state index in [0.717, 1.165) is 0 Å². The summed E-state index contributed by atoms with van der Waals surface area (Å²) >= 11 is 0. The monoisotopic (exact) mass is 413 g/mol. The fourth-order valence-corrected chi connectivity index (χ4v) is 2.10. The molecule has 2 rings (SSSR count). The molecule has 0 saturated carbocycles. The number of furan rings is 1. The second-order valence-corrected chi connectivity index (χ2v) is 6.61. The highest BCUT2D eigenvalue weighted by molar-refractivity contribution is 6.39. The van der Waals surface area contributed by atoms with Crippen molar-refractivity contribution in [3.8, 4) is 0 Å². The first kappa shape index (κ1) is 22.3. The summed E-state index contributed by atoms with van der Waals surface area (Å²) in [5.74, 6) is -2.41. The molecule has 0 bridgehead atoms. The molecule has 0 saturated heterocycles. The van der Waals surface area contributed by atoms with Gasteiger partial charge in [-0.3, -0.25) is 19.2 Å². The number of para-hydroxylation sites is 1. The predicted octanol–water partition coefficient (Wildman–Crippen LogP) is 0.757. The van der Waals surface area contributed by atoms with Crippen molar-refractivity contribution >= 4 is 35.5 Å². The van der Waals surface area contributed by atoms with Crippen molar-refractivity contribution in [3.63, 3.8) is 0 Å². The SMILES string of the molecule is CC(C)CNC(=O)C(=O)N/N=C/c1ccc(CNC(=O)C(=O)Nc2ccccc2)o1. The van der Waals surface area contributed by atoms with Crippen molar-refractivity contribution in [2.24, 2.45) is 11.0 Å². The minimum Gasteiger partial charge on any atom is -0.458 e. The zero-order chi connectivity index (χ0) is 21.9. The van der Waals surface area contributed by atoms with E-state index in [9.17, 15) is 19.2 Å². The first-order valence-corrected chi connectivity index (χ1v) is 9.19. The number of hydrogen-bond acceptors (Lipinski definition) is 6. The molecule has 4 N–H and O–H groups in total. The molecule has 30 heavy (non-hydrogen) atoms. The summed E-state index contributed by atoms with van der Waals surface area (Å²) in [6, 6.07) is 11.7. The number of hydrogen-bond donors (Lipinski definition) is 4. The van der Waals surface area contributed by atoms with E-state index >= 15 is 0 Å². The van der Waals surface area contributed by atoms with Gasteiger partial charge in [0.05, 0.1) is 12.8 Å². The van der Waals surface area contributed by atoms with Crippen LogP contribution in [0.15, 0.2) is 52.0 Å². The van der Waals surface area contributed by atoms with E-state index in [4.69, 9.17) is 4.42 Å². The number of nitrogens with one attached hydrogen (secondary N) is 4. The van der Waals surface area contributed by atoms with Crippen molar-refractivity contribution in [3.05, 3.63) is 54.0 Å². The number of rotatable bonds is 7. The third-order valence-corrected chi connectivity index (χ3v) is 3.58. The predicted molar refractivity (Wildman–Crippen MR) is 109 cm³/mol. The second kappa shape index (κ2) is 11.1. The minimum atomic E-state index is -0.893. The molecule has 0 aliphatic carbocycles. The van der Waals surface area contributed by atoms with Crippen LogP contribution in [0.1, 0.15) is 25.4 Å². The van der Waals surface area contributed by atoms with Crippen molar-refractivity contribution in [2.75, 3.05) is 11.9 Å². The number of hydrazone groups is 1. The summed E-state index contributed by atoms with van der Waals surface area (Å²) in [4.78, 5) is 46.8. The van der Waals surface area contributed by atoms with Gasteiger partial charge in [0.25, 0.3) is 0 Å². The second-order valence-electron chi connectivity index (χ2n) is 6.61. The molecule has 0 unspecified atom stereocenters. The first-order valence-electron chi connectivity index (χ1n) is 9.19. The Morgan fingerprint density at radius 3 is 2.33 bits per heavy atom. The molecule has 1 aromatic heterocycles. The molecule has 158 valence electrons. The zero-order valence-electron chi connectivity index (χ0n) is 16.6. The molecule has 0 atom stereocenters. The normalized spacial score (nSPS) is 10.6. The summed E-state index contributed by atoms with van der Waals surface area (Å²) < 4.78 is 5.41. The molecular formula is C20H23N5O5. The van der Waals surface area contributed by atoms with E-state index in [2.05, 4.69) is 26.5 Å². The molecule has 0 aliphatic heterocycles. The third kappa shape index (κ3) is 7.58. The van der Waals surface area contributed by atoms with E-state index in [0.29, 0.717) is 18.0 Å². The van der Waals surface area contributed by atoms with Gasteiger partial charge in [-0.25, -0.2) is 5.43 Å². The maximum atomic E-state index is 11.9. The molecule has 2 aromatic rings. The summed E-state index contributed by atoms with van der Waals surface area (Å²) in [6.07, 6.45) is 1.21. The lowest BCUT2D eigenvalue weighted by Crippen LogP contribution is -2.39. The number of anilines is 1. The van der Waals surface area contributed by atoms with Gasteiger partial charge in [-0.1, -0.05) is 32.0 Å². The topological polar surface area (TPSA) is 142 Å². The summed E-state index contributed by atoms with van der Waals surface area (Å²) in [6.45, 7) is 4.18. The smallest absolute Gasteiger partial charge is 0.329 e. The van der Waals surface area contributed by atoms with Crippen LogP contribution in [0.4, 0.5) is 5.69 Å². The Balaban J connectivity index is 1.76. The lowest BCUT2D eigenvalue weighted by molar-refractivity contribution is -0.139. The molecule has 1 heterocycles. The van der Waals surface area contributed by atoms with Gasteiger partial charge in [0.15, 0.2) is 0 Å². The van der Waals surface area contributed by atoms with E-state index < -0.39 is 23.6 Å². The molecule has 1 aromatic carbocycles. The van der Waals surface area contributed by atoms with Crippen LogP contribution in [0, 0.1) is 5.92 Å². The molecule has 4 amide bonds. The van der Waals surface area contributed by atoms with Gasteiger partial charge >= 0.3 is 23.6 Å². The van der Waals surface area contributed by atoms with Gasteiger partial charge < -0.3 is 20.4 Å². The fraction of sp³-hybridized carbons (Fsp3) is 0.250. The molecule has 0 fully saturated rings. The molecule has 0 spiro atoms. The standard InChI is InChI=1S/C20H23N5O5/c1-13(2)10-21-18(27)20(29)25-23-12-16-9-8-15(30-16)11-22-17(26)19(28)24-14-6-4-3-5-7-14/h3-9,12-13H,10-11H2,1-2H3,(H,21,27)(H,22,26)(H,24,28)(H,25,29)/b23-12+. The van der Waals surface area contributed by atoms with Crippen LogP contribution in [0.3, 0.4) is 0 Å². The average Bonchev–Trinajstić information content (AvgIpc) is 3.18. The van der Waals surface area contributed by atoms with Crippen LogP contribution < -0.4 is 21.4 Å². The van der Waals surface area contributed by atoms with Crippen LogP contribution in [0.5, 0.6) is 0 Å². The summed E-state index contributed by atoms with van der Waals surface area (Å²) in [5.41, 5.74) is 2.60.